The first-order valence-corrected chi connectivity index (χ1v) is 15.1. The number of amides is 2. The third-order valence-corrected chi connectivity index (χ3v) is 8.09. The van der Waals surface area contributed by atoms with Gasteiger partial charge in [0, 0.05) is 40.3 Å². The highest BCUT2D eigenvalue weighted by atomic mass is 19.1. The van der Waals surface area contributed by atoms with E-state index in [1.54, 1.807) is 47.6 Å². The van der Waals surface area contributed by atoms with Gasteiger partial charge in [0.1, 0.15) is 12.4 Å². The molecule has 3 aromatic carbocycles. The maximum absolute atomic E-state index is 14.8. The van der Waals surface area contributed by atoms with Crippen LogP contribution in [0.15, 0.2) is 97.3 Å². The number of anilines is 2. The predicted molar refractivity (Wildman–Crippen MR) is 179 cm³/mol. The van der Waals surface area contributed by atoms with Gasteiger partial charge >= 0.3 is 0 Å². The average Bonchev–Trinajstić information content (AvgIpc) is 3.68. The summed E-state index contributed by atoms with van der Waals surface area (Å²) in [5, 5.41) is 9.67. The molecule has 11 heteroatoms. The van der Waals surface area contributed by atoms with Crippen LogP contribution in [-0.4, -0.2) is 56.2 Å². The van der Waals surface area contributed by atoms with E-state index in [1.165, 1.54) is 24.1 Å². The van der Waals surface area contributed by atoms with E-state index in [2.05, 4.69) is 20.2 Å². The van der Waals surface area contributed by atoms with E-state index in [4.69, 9.17) is 4.74 Å². The van der Waals surface area contributed by atoms with Crippen molar-refractivity contribution in [2.45, 2.75) is 19.9 Å². The molecule has 0 radical (unpaired) electrons. The van der Waals surface area contributed by atoms with Crippen LogP contribution in [0.5, 0.6) is 5.88 Å². The van der Waals surface area contributed by atoms with E-state index >= 15 is 0 Å². The summed E-state index contributed by atoms with van der Waals surface area (Å²) < 4.78 is 21.4. The number of hydrogen-bond donors (Lipinski definition) is 1. The van der Waals surface area contributed by atoms with Gasteiger partial charge in [-0.15, -0.1) is 10.2 Å². The molecule has 0 unspecified atom stereocenters. The lowest BCUT2D eigenvalue weighted by molar-refractivity contribution is -0.120. The second-order valence-electron chi connectivity index (χ2n) is 11.3. The Morgan fingerprint density at radius 3 is 2.45 bits per heavy atom. The lowest BCUT2D eigenvalue weighted by Crippen LogP contribution is -2.46. The predicted octanol–water partition coefficient (Wildman–Crippen LogP) is 6.29. The molecule has 0 bridgehead atoms. The van der Waals surface area contributed by atoms with Crippen molar-refractivity contribution in [3.63, 3.8) is 0 Å². The van der Waals surface area contributed by atoms with Crippen molar-refractivity contribution in [2.24, 2.45) is 0 Å². The van der Waals surface area contributed by atoms with Gasteiger partial charge in [-0.25, -0.2) is 9.37 Å². The Labute approximate surface area is 269 Å². The monoisotopic (exact) mass is 627 g/mol. The summed E-state index contributed by atoms with van der Waals surface area (Å²) in [6.07, 6.45) is 4.96. The Hall–Kier alpha value is -6.10. The number of rotatable bonds is 7. The zero-order valence-corrected chi connectivity index (χ0v) is 25.9. The number of carbonyl (C=O) groups excluding carboxylic acids is 2. The van der Waals surface area contributed by atoms with Crippen LogP contribution in [0.1, 0.15) is 25.2 Å². The minimum atomic E-state index is -0.459. The minimum absolute atomic E-state index is 0.191. The Morgan fingerprint density at radius 1 is 0.979 bits per heavy atom. The Bertz CT molecular complexity index is 2150. The van der Waals surface area contributed by atoms with E-state index in [-0.39, 0.29) is 24.1 Å². The SMILES string of the molecule is COc1ccc(N(C(=O)CN2C(=O)/C(=C/c3c[nH]c4ccc(F)cc34)c3nnc(-c4ccccc4)n3-c3ccccc32)C(C)C)cn1. The number of nitrogens with zero attached hydrogens (tertiary/aromatic N) is 6. The first kappa shape index (κ1) is 29.6. The summed E-state index contributed by atoms with van der Waals surface area (Å²) in [4.78, 5) is 39.5. The van der Waals surface area contributed by atoms with Gasteiger partial charge in [-0.2, -0.15) is 0 Å². The zero-order chi connectivity index (χ0) is 32.7. The molecule has 10 nitrogen and oxygen atoms in total. The first-order valence-electron chi connectivity index (χ1n) is 15.1. The van der Waals surface area contributed by atoms with Gasteiger partial charge in [0.25, 0.3) is 5.91 Å². The lowest BCUT2D eigenvalue weighted by atomic mass is 10.1. The topological polar surface area (TPSA) is 109 Å². The maximum atomic E-state index is 14.8. The summed E-state index contributed by atoms with van der Waals surface area (Å²) >= 11 is 0. The first-order chi connectivity index (χ1) is 22.8. The van der Waals surface area contributed by atoms with Crippen LogP contribution in [0.25, 0.3) is 39.6 Å². The van der Waals surface area contributed by atoms with Crippen LogP contribution in [0.2, 0.25) is 0 Å². The number of benzene rings is 3. The number of aromatic nitrogens is 5. The van der Waals surface area contributed by atoms with Crippen LogP contribution < -0.4 is 14.5 Å². The van der Waals surface area contributed by atoms with Crippen LogP contribution >= 0.6 is 0 Å². The highest BCUT2D eigenvalue weighted by Crippen LogP contribution is 2.38. The number of halogens is 1. The van der Waals surface area contributed by atoms with Crippen molar-refractivity contribution in [1.29, 1.82) is 0 Å². The van der Waals surface area contributed by atoms with E-state index in [0.29, 0.717) is 51.1 Å². The fourth-order valence-electron chi connectivity index (χ4n) is 5.94. The number of ether oxygens (including phenoxy) is 1. The van der Waals surface area contributed by atoms with Crippen molar-refractivity contribution in [3.8, 4) is 23.0 Å². The third-order valence-electron chi connectivity index (χ3n) is 8.09. The molecule has 0 spiro atoms. The van der Waals surface area contributed by atoms with E-state index in [1.807, 2.05) is 66.9 Å². The highest BCUT2D eigenvalue weighted by Gasteiger charge is 2.36. The van der Waals surface area contributed by atoms with Crippen molar-refractivity contribution >= 4 is 45.7 Å². The molecule has 0 atom stereocenters. The lowest BCUT2D eigenvalue weighted by Gasteiger charge is -2.30. The molecule has 47 heavy (non-hydrogen) atoms. The number of methoxy groups -OCH3 is 1. The molecule has 2 amide bonds. The summed E-state index contributed by atoms with van der Waals surface area (Å²) in [5.74, 6) is 0.0640. The quantitative estimate of drug-likeness (QED) is 0.209. The summed E-state index contributed by atoms with van der Waals surface area (Å²) in [6, 6.07) is 24.6. The smallest absolute Gasteiger partial charge is 0.262 e. The van der Waals surface area contributed by atoms with Gasteiger partial charge in [-0.1, -0.05) is 42.5 Å². The molecule has 0 aliphatic carbocycles. The highest BCUT2D eigenvalue weighted by molar-refractivity contribution is 6.32. The van der Waals surface area contributed by atoms with Crippen LogP contribution in [0, 0.1) is 5.82 Å². The largest absolute Gasteiger partial charge is 0.481 e. The van der Waals surface area contributed by atoms with E-state index in [9.17, 15) is 14.0 Å². The van der Waals surface area contributed by atoms with Gasteiger partial charge in [-0.3, -0.25) is 19.1 Å². The van der Waals surface area contributed by atoms with Crippen molar-refractivity contribution in [3.05, 3.63) is 115 Å². The molecule has 1 aliphatic heterocycles. The fourth-order valence-corrected chi connectivity index (χ4v) is 5.94. The van der Waals surface area contributed by atoms with Gasteiger partial charge in [0.15, 0.2) is 11.6 Å². The normalized spacial score (nSPS) is 13.5. The van der Waals surface area contributed by atoms with Gasteiger partial charge < -0.3 is 14.6 Å². The zero-order valence-electron chi connectivity index (χ0n) is 25.9. The number of hydrogen-bond acceptors (Lipinski definition) is 6. The number of nitrogens with one attached hydrogen (secondary N) is 1. The van der Waals surface area contributed by atoms with Gasteiger partial charge in [0.2, 0.25) is 11.8 Å². The van der Waals surface area contributed by atoms with E-state index < -0.39 is 11.7 Å². The van der Waals surface area contributed by atoms with E-state index in [0.717, 1.165) is 5.56 Å². The maximum Gasteiger partial charge on any atom is 0.262 e. The molecule has 0 saturated carbocycles. The molecule has 234 valence electrons. The average molecular weight is 628 g/mol. The third kappa shape index (κ3) is 5.31. The fraction of sp³-hybridized carbons (Fsp3) is 0.139. The standard InChI is InChI=1S/C36H30FN7O3/c1-22(2)43(26-14-16-32(47-3)39-20-26)33(45)21-42-30-11-7-8-12-31(30)44-34(23-9-5-4-6-10-23)40-41-35(44)28(36(42)46)17-24-19-38-29-15-13-25(37)18-27(24)29/h4-20,22,38H,21H2,1-3H3/b28-17+. The molecule has 7 rings (SSSR count). The molecule has 1 N–H and O–H groups in total. The molecular weight excluding hydrogens is 597 g/mol. The number of aromatic amines is 1. The Balaban J connectivity index is 1.41. The van der Waals surface area contributed by atoms with Crippen LogP contribution in [-0.2, 0) is 9.59 Å². The number of carbonyl (C=O) groups is 2. The van der Waals surface area contributed by atoms with Gasteiger partial charge in [-0.05, 0) is 56.3 Å². The van der Waals surface area contributed by atoms with Crippen molar-refractivity contribution < 1.29 is 18.7 Å². The molecule has 4 heterocycles. The summed E-state index contributed by atoms with van der Waals surface area (Å²) in [7, 11) is 1.53. The molecule has 0 saturated heterocycles. The minimum Gasteiger partial charge on any atom is -0.481 e. The summed E-state index contributed by atoms with van der Waals surface area (Å²) in [6.45, 7) is 3.52. The van der Waals surface area contributed by atoms with Crippen molar-refractivity contribution in [1.82, 2.24) is 24.7 Å². The number of fused-ring (bicyclic) bond motifs is 4. The van der Waals surface area contributed by atoms with Crippen LogP contribution in [0.3, 0.4) is 0 Å². The summed E-state index contributed by atoms with van der Waals surface area (Å²) in [5.41, 5.74) is 3.99. The van der Waals surface area contributed by atoms with Crippen molar-refractivity contribution in [2.75, 3.05) is 23.5 Å². The number of para-hydroxylation sites is 2. The van der Waals surface area contributed by atoms with Gasteiger partial charge in [0.05, 0.1) is 35.9 Å². The van der Waals surface area contributed by atoms with Crippen LogP contribution in [0.4, 0.5) is 15.8 Å². The number of H-pyrrole nitrogens is 1. The molecule has 0 fully saturated rings. The second-order valence-corrected chi connectivity index (χ2v) is 11.3. The molecular formula is C36H30FN7O3. The molecule has 6 aromatic rings. The Kier molecular flexibility index (Phi) is 7.56. The Morgan fingerprint density at radius 2 is 1.72 bits per heavy atom. The second kappa shape index (κ2) is 12.0. The molecule has 1 aliphatic rings. The number of pyridine rings is 1. The molecule has 3 aromatic heterocycles.